The molecule has 73 heavy (non-hydrogen) atoms. The fourth-order valence-electron chi connectivity index (χ4n) is 9.17. The van der Waals surface area contributed by atoms with Crippen LogP contribution in [0.4, 0.5) is 0 Å². The largest absolute Gasteiger partial charge is 0.481 e. The lowest BCUT2D eigenvalue weighted by atomic mass is 9.64. The monoisotopic (exact) mass is 1000 g/mol. The third-order valence-corrected chi connectivity index (χ3v) is 13.4. The summed E-state index contributed by atoms with van der Waals surface area (Å²) >= 11 is 0. The number of carbonyl (C=O) groups excluding carboxylic acids is 6. The normalized spacial score (nSPS) is 14.7. The molecule has 0 fully saturated rings. The lowest BCUT2D eigenvalue weighted by Gasteiger charge is -2.42. The zero-order chi connectivity index (χ0) is 53.4. The number of hydrogen-bond donors (Lipinski definition) is 9. The fourth-order valence-corrected chi connectivity index (χ4v) is 9.17. The van der Waals surface area contributed by atoms with Crippen LogP contribution in [0, 0.1) is 17.8 Å². The number of rotatable bonds is 26. The van der Waals surface area contributed by atoms with Gasteiger partial charge >= 0.3 is 11.9 Å². The molecule has 1 aromatic heterocycles. The van der Waals surface area contributed by atoms with Gasteiger partial charge in [-0.2, -0.15) is 0 Å². The quantitative estimate of drug-likeness (QED) is 0.0320. The molecule has 0 saturated heterocycles. The van der Waals surface area contributed by atoms with Gasteiger partial charge in [0.1, 0.15) is 36.3 Å². The van der Waals surface area contributed by atoms with Gasteiger partial charge in [-0.3, -0.25) is 33.6 Å². The fraction of sp³-hybridized carbons (Fsp3) is 0.393. The molecule has 0 bridgehead atoms. The van der Waals surface area contributed by atoms with Crippen molar-refractivity contribution < 1.29 is 48.6 Å². The summed E-state index contributed by atoms with van der Waals surface area (Å²) < 4.78 is 0. The Morgan fingerprint density at radius 1 is 0.534 bits per heavy atom. The standard InChI is InChI=1S/C56H69N7O10/c1-8-34(5)47(52(69)61-45(55(72)73)30-37-32-57-42-28-20-19-27-41(37)42)63-53(70)48(35(6)9-2)62-51(68)44(31-46(65)66)59-50(67)43(29-33(3)4)60-54(71)49(58-36(7)64)56(38-21-13-10-14-22-38,39-23-15-11-16-24-39)40-25-17-12-18-26-40/h10-28,32-35,43-45,47-49,57H,8-9,29-31H2,1-7H3,(H,58,64)(H,59,67)(H,60,71)(H,61,69)(H,62,68)(H,63,70)(H,65,66)(H,72,73)/t34-,35-,43-,44-,45-,47-,48-,49+/m0/s1. The van der Waals surface area contributed by atoms with Crippen molar-refractivity contribution in [2.24, 2.45) is 17.8 Å². The molecule has 0 radical (unpaired) electrons. The van der Waals surface area contributed by atoms with E-state index in [1.165, 1.54) is 6.92 Å². The van der Waals surface area contributed by atoms with Crippen molar-refractivity contribution in [3.63, 3.8) is 0 Å². The molecule has 0 aliphatic rings. The molecule has 0 unspecified atom stereocenters. The van der Waals surface area contributed by atoms with E-state index in [4.69, 9.17) is 0 Å². The maximum absolute atomic E-state index is 15.1. The number of H-pyrrole nitrogens is 1. The smallest absolute Gasteiger partial charge is 0.326 e. The predicted octanol–water partition coefficient (Wildman–Crippen LogP) is 5.37. The number of carboxylic acid groups (broad SMARTS) is 2. The van der Waals surface area contributed by atoms with E-state index in [2.05, 4.69) is 36.9 Å². The number of carboxylic acids is 2. The molecule has 0 saturated carbocycles. The highest BCUT2D eigenvalue weighted by molar-refractivity contribution is 5.99. The maximum atomic E-state index is 15.1. The average Bonchev–Trinajstić information content (AvgIpc) is 3.78. The molecule has 0 spiro atoms. The van der Waals surface area contributed by atoms with Crippen molar-refractivity contribution in [2.75, 3.05) is 0 Å². The number of aromatic amines is 1. The van der Waals surface area contributed by atoms with E-state index in [0.717, 1.165) is 10.9 Å². The molecule has 17 nitrogen and oxygen atoms in total. The molecule has 1 heterocycles. The van der Waals surface area contributed by atoms with Crippen LogP contribution in [0.5, 0.6) is 0 Å². The number of hydrogen-bond acceptors (Lipinski definition) is 8. The highest BCUT2D eigenvalue weighted by atomic mass is 16.4. The van der Waals surface area contributed by atoms with Gasteiger partial charge in [-0.15, -0.1) is 0 Å². The second-order valence-corrected chi connectivity index (χ2v) is 19.1. The van der Waals surface area contributed by atoms with Crippen molar-refractivity contribution in [2.45, 2.75) is 122 Å². The second kappa shape index (κ2) is 26.0. The minimum absolute atomic E-state index is 0.0300. The van der Waals surface area contributed by atoms with E-state index in [1.54, 1.807) is 33.9 Å². The van der Waals surface area contributed by atoms with Crippen LogP contribution in [-0.2, 0) is 50.2 Å². The van der Waals surface area contributed by atoms with E-state index in [-0.39, 0.29) is 18.8 Å². The van der Waals surface area contributed by atoms with Crippen LogP contribution < -0.4 is 31.9 Å². The molecule has 17 heteroatoms. The van der Waals surface area contributed by atoms with Gasteiger partial charge in [-0.25, -0.2) is 4.79 Å². The Balaban J connectivity index is 1.42. The molecule has 9 N–H and O–H groups in total. The lowest BCUT2D eigenvalue weighted by Crippen LogP contribution is -2.63. The number of aliphatic carboxylic acids is 2. The number of amides is 6. The Labute approximate surface area is 426 Å². The van der Waals surface area contributed by atoms with Gasteiger partial charge in [0.15, 0.2) is 0 Å². The Hall–Kier alpha value is -7.82. The number of fused-ring (bicyclic) bond motifs is 1. The molecular weight excluding hydrogens is 931 g/mol. The van der Waals surface area contributed by atoms with Crippen LogP contribution in [0.15, 0.2) is 121 Å². The van der Waals surface area contributed by atoms with Crippen LogP contribution in [0.1, 0.15) is 96.4 Å². The summed E-state index contributed by atoms with van der Waals surface area (Å²) in [5.74, 6) is -8.79. The molecule has 388 valence electrons. The predicted molar refractivity (Wildman–Crippen MR) is 277 cm³/mol. The van der Waals surface area contributed by atoms with E-state index < -0.39 is 107 Å². The second-order valence-electron chi connectivity index (χ2n) is 19.1. The van der Waals surface area contributed by atoms with Crippen LogP contribution in [-0.4, -0.2) is 98.8 Å². The lowest BCUT2D eigenvalue weighted by molar-refractivity contribution is -0.142. The topological polar surface area (TPSA) is 265 Å². The molecular formula is C56H69N7O10. The van der Waals surface area contributed by atoms with Gasteiger partial charge < -0.3 is 47.1 Å². The number of para-hydroxylation sites is 1. The van der Waals surface area contributed by atoms with Gasteiger partial charge in [0.2, 0.25) is 35.4 Å². The van der Waals surface area contributed by atoms with E-state index in [1.807, 2.05) is 129 Å². The number of nitrogens with one attached hydrogen (secondary N) is 7. The minimum Gasteiger partial charge on any atom is -0.481 e. The number of aromatic nitrogens is 1. The van der Waals surface area contributed by atoms with Gasteiger partial charge in [0, 0.05) is 30.4 Å². The molecule has 0 aliphatic heterocycles. The SMILES string of the molecule is CC[C@H](C)[C@H](NC(=O)[C@H](CC(=O)O)NC(=O)[C@H](CC(C)C)NC(=O)[C@@H](NC(C)=O)C(c1ccccc1)(c1ccccc1)c1ccccc1)C(=O)N[C@H](C(=O)N[C@@H](Cc1c[nH]c2ccccc12)C(=O)O)[C@@H](C)CC. The highest BCUT2D eigenvalue weighted by Crippen LogP contribution is 2.42. The first-order valence-corrected chi connectivity index (χ1v) is 24.8. The summed E-state index contributed by atoms with van der Waals surface area (Å²) in [6.07, 6.45) is 1.49. The van der Waals surface area contributed by atoms with Crippen molar-refractivity contribution in [1.82, 2.24) is 36.9 Å². The minimum atomic E-state index is -1.76. The zero-order valence-electron chi connectivity index (χ0n) is 42.4. The van der Waals surface area contributed by atoms with E-state index in [9.17, 15) is 43.8 Å². The molecule has 5 rings (SSSR count). The van der Waals surface area contributed by atoms with Gasteiger partial charge in [0.05, 0.1) is 11.8 Å². The first-order chi connectivity index (χ1) is 34.8. The Kier molecular flexibility index (Phi) is 20.0. The summed E-state index contributed by atoms with van der Waals surface area (Å²) in [7, 11) is 0. The van der Waals surface area contributed by atoms with Crippen molar-refractivity contribution in [3.05, 3.63) is 144 Å². The molecule has 8 atom stereocenters. The molecule has 4 aromatic carbocycles. The highest BCUT2D eigenvalue weighted by Gasteiger charge is 2.49. The molecule has 5 aromatic rings. The first-order valence-electron chi connectivity index (χ1n) is 24.8. The van der Waals surface area contributed by atoms with Crippen molar-refractivity contribution >= 4 is 58.3 Å². The summed E-state index contributed by atoms with van der Waals surface area (Å²) in [6, 6.07) is 26.4. The van der Waals surface area contributed by atoms with Gasteiger partial charge in [-0.05, 0) is 52.5 Å². The van der Waals surface area contributed by atoms with Crippen molar-refractivity contribution in [3.8, 4) is 0 Å². The summed E-state index contributed by atoms with van der Waals surface area (Å²) in [6.45, 7) is 11.9. The Morgan fingerprint density at radius 2 is 0.973 bits per heavy atom. The molecule has 0 aliphatic carbocycles. The average molecular weight is 1000 g/mol. The molecule has 6 amide bonds. The first kappa shape index (κ1) is 56.1. The number of carbonyl (C=O) groups is 8. The van der Waals surface area contributed by atoms with Crippen molar-refractivity contribution in [1.29, 1.82) is 0 Å². The summed E-state index contributed by atoms with van der Waals surface area (Å²) in [4.78, 5) is 113. The van der Waals surface area contributed by atoms with Gasteiger partial charge in [-0.1, -0.05) is 164 Å². The summed E-state index contributed by atoms with van der Waals surface area (Å²) in [5.41, 5.74) is 2.07. The zero-order valence-corrected chi connectivity index (χ0v) is 42.4. The van der Waals surface area contributed by atoms with Crippen LogP contribution in [0.2, 0.25) is 0 Å². The number of benzene rings is 4. The Bertz CT molecular complexity index is 2600. The third-order valence-electron chi connectivity index (χ3n) is 13.4. The van der Waals surface area contributed by atoms with Crippen LogP contribution in [0.25, 0.3) is 10.9 Å². The Morgan fingerprint density at radius 3 is 1.44 bits per heavy atom. The van der Waals surface area contributed by atoms with Crippen LogP contribution >= 0.6 is 0 Å². The third kappa shape index (κ3) is 14.2. The van der Waals surface area contributed by atoms with E-state index >= 15 is 4.79 Å². The van der Waals surface area contributed by atoms with Gasteiger partial charge in [0.25, 0.3) is 0 Å². The van der Waals surface area contributed by atoms with E-state index in [0.29, 0.717) is 35.1 Å². The maximum Gasteiger partial charge on any atom is 0.326 e. The van der Waals surface area contributed by atoms with Crippen LogP contribution in [0.3, 0.4) is 0 Å². The summed E-state index contributed by atoms with van der Waals surface area (Å²) in [5, 5.41) is 37.3.